The Labute approximate surface area is 140 Å². The smallest absolute Gasteiger partial charge is 0.224 e. The van der Waals surface area contributed by atoms with Crippen molar-refractivity contribution in [3.05, 3.63) is 36.3 Å². The lowest BCUT2D eigenvalue weighted by Crippen LogP contribution is -2.33. The number of nitrogens with one attached hydrogen (secondary N) is 2. The molecule has 8 heteroatoms. The second-order valence-electron chi connectivity index (χ2n) is 5.61. The third kappa shape index (κ3) is 3.55. The quantitative estimate of drug-likeness (QED) is 0.713. The lowest BCUT2D eigenvalue weighted by molar-refractivity contribution is 0.113. The Hall–Kier alpha value is -2.45. The van der Waals surface area contributed by atoms with E-state index in [0.717, 1.165) is 24.6 Å². The molecule has 0 aromatic carbocycles. The van der Waals surface area contributed by atoms with Crippen LogP contribution in [-0.2, 0) is 11.3 Å². The van der Waals surface area contributed by atoms with E-state index in [0.29, 0.717) is 11.6 Å². The van der Waals surface area contributed by atoms with Gasteiger partial charge in [0.1, 0.15) is 5.82 Å². The highest BCUT2D eigenvalue weighted by atomic mass is 16.5. The highest BCUT2D eigenvalue weighted by molar-refractivity contribution is 5.49. The van der Waals surface area contributed by atoms with Crippen molar-refractivity contribution in [1.29, 1.82) is 0 Å². The van der Waals surface area contributed by atoms with Crippen LogP contribution < -0.4 is 15.5 Å². The number of ether oxygens (including phenoxy) is 1. The molecule has 3 N–H and O–H groups in total. The average Bonchev–Trinajstić information content (AvgIpc) is 3.04. The SMILES string of the molecule is CNc1nccc(N2C[C@H](OC)[C@H](Nc3ccnc(CO)c3)C2)n1. The van der Waals surface area contributed by atoms with Crippen molar-refractivity contribution in [2.45, 2.75) is 18.8 Å². The topological polar surface area (TPSA) is 95.4 Å². The summed E-state index contributed by atoms with van der Waals surface area (Å²) in [7, 11) is 3.52. The molecule has 24 heavy (non-hydrogen) atoms. The lowest BCUT2D eigenvalue weighted by atomic mass is 10.2. The van der Waals surface area contributed by atoms with Gasteiger partial charge >= 0.3 is 0 Å². The number of hydrogen-bond donors (Lipinski definition) is 3. The maximum atomic E-state index is 9.22. The molecule has 3 rings (SSSR count). The highest BCUT2D eigenvalue weighted by Crippen LogP contribution is 2.23. The van der Waals surface area contributed by atoms with Gasteiger partial charge in [-0.2, -0.15) is 4.98 Å². The minimum Gasteiger partial charge on any atom is -0.390 e. The zero-order chi connectivity index (χ0) is 16.9. The van der Waals surface area contributed by atoms with Gasteiger partial charge in [0.25, 0.3) is 0 Å². The summed E-state index contributed by atoms with van der Waals surface area (Å²) < 4.78 is 5.63. The molecular formula is C16H22N6O2. The zero-order valence-electron chi connectivity index (χ0n) is 13.8. The van der Waals surface area contributed by atoms with Crippen LogP contribution in [0.2, 0.25) is 0 Å². The number of methoxy groups -OCH3 is 1. The summed E-state index contributed by atoms with van der Waals surface area (Å²) in [5, 5.41) is 15.6. The van der Waals surface area contributed by atoms with Crippen molar-refractivity contribution >= 4 is 17.5 Å². The minimum atomic E-state index is -0.0756. The van der Waals surface area contributed by atoms with Gasteiger partial charge in [0.05, 0.1) is 24.4 Å². The predicted molar refractivity (Wildman–Crippen MR) is 92.2 cm³/mol. The van der Waals surface area contributed by atoms with Crippen LogP contribution in [-0.4, -0.2) is 59.5 Å². The number of aliphatic hydroxyl groups is 1. The van der Waals surface area contributed by atoms with E-state index < -0.39 is 0 Å². The Morgan fingerprint density at radius 2 is 2.12 bits per heavy atom. The third-order valence-corrected chi connectivity index (χ3v) is 4.09. The molecule has 0 bridgehead atoms. The van der Waals surface area contributed by atoms with E-state index in [1.807, 2.05) is 18.2 Å². The van der Waals surface area contributed by atoms with E-state index in [-0.39, 0.29) is 18.8 Å². The van der Waals surface area contributed by atoms with Gasteiger partial charge in [0, 0.05) is 45.3 Å². The molecule has 0 spiro atoms. The van der Waals surface area contributed by atoms with Gasteiger partial charge in [0.2, 0.25) is 5.95 Å². The second kappa shape index (κ2) is 7.41. The highest BCUT2D eigenvalue weighted by Gasteiger charge is 2.33. The van der Waals surface area contributed by atoms with E-state index >= 15 is 0 Å². The molecule has 0 saturated carbocycles. The molecule has 1 saturated heterocycles. The molecule has 0 radical (unpaired) electrons. The van der Waals surface area contributed by atoms with Gasteiger partial charge in [-0.15, -0.1) is 0 Å². The first-order chi connectivity index (χ1) is 11.7. The number of aliphatic hydroxyl groups excluding tert-OH is 1. The summed E-state index contributed by atoms with van der Waals surface area (Å²) in [6, 6.07) is 5.74. The van der Waals surface area contributed by atoms with E-state index in [9.17, 15) is 5.11 Å². The first-order valence-corrected chi connectivity index (χ1v) is 7.84. The summed E-state index contributed by atoms with van der Waals surface area (Å²) in [5.74, 6) is 1.46. The van der Waals surface area contributed by atoms with Crippen LogP contribution in [0.5, 0.6) is 0 Å². The van der Waals surface area contributed by atoms with Gasteiger partial charge in [-0.1, -0.05) is 0 Å². The largest absolute Gasteiger partial charge is 0.390 e. The Bertz CT molecular complexity index is 683. The molecule has 0 aliphatic carbocycles. The molecule has 2 aromatic rings. The van der Waals surface area contributed by atoms with E-state index in [1.54, 1.807) is 26.6 Å². The molecule has 1 aliphatic heterocycles. The molecular weight excluding hydrogens is 308 g/mol. The minimum absolute atomic E-state index is 0.0312. The number of pyridine rings is 1. The molecule has 3 heterocycles. The van der Waals surface area contributed by atoms with Crippen LogP contribution in [0.15, 0.2) is 30.6 Å². The van der Waals surface area contributed by atoms with Crippen molar-refractivity contribution in [1.82, 2.24) is 15.0 Å². The van der Waals surface area contributed by atoms with Crippen molar-refractivity contribution in [2.75, 3.05) is 42.8 Å². The monoisotopic (exact) mass is 330 g/mol. The van der Waals surface area contributed by atoms with Crippen LogP contribution in [0.1, 0.15) is 5.69 Å². The van der Waals surface area contributed by atoms with E-state index in [2.05, 4.69) is 30.5 Å². The van der Waals surface area contributed by atoms with E-state index in [4.69, 9.17) is 4.74 Å². The number of aromatic nitrogens is 3. The fourth-order valence-electron chi connectivity index (χ4n) is 2.85. The molecule has 1 fully saturated rings. The second-order valence-corrected chi connectivity index (χ2v) is 5.61. The number of anilines is 3. The summed E-state index contributed by atoms with van der Waals surface area (Å²) >= 11 is 0. The molecule has 128 valence electrons. The van der Waals surface area contributed by atoms with Crippen molar-refractivity contribution < 1.29 is 9.84 Å². The van der Waals surface area contributed by atoms with Crippen LogP contribution in [0, 0.1) is 0 Å². The number of rotatable bonds is 6. The third-order valence-electron chi connectivity index (χ3n) is 4.09. The van der Waals surface area contributed by atoms with Gasteiger partial charge in [0.15, 0.2) is 0 Å². The Morgan fingerprint density at radius 1 is 1.29 bits per heavy atom. The normalized spacial score (nSPS) is 20.2. The van der Waals surface area contributed by atoms with Gasteiger partial charge < -0.3 is 25.4 Å². The van der Waals surface area contributed by atoms with Crippen LogP contribution in [0.4, 0.5) is 17.5 Å². The summed E-state index contributed by atoms with van der Waals surface area (Å²) in [6.45, 7) is 1.43. The summed E-state index contributed by atoms with van der Waals surface area (Å²) in [6.07, 6.45) is 3.46. The number of hydrogen-bond acceptors (Lipinski definition) is 8. The standard InChI is InChI=1S/C16H22N6O2/c1-17-16-19-6-4-15(21-16)22-8-13(14(9-22)24-2)20-11-3-5-18-12(7-11)10-23/h3-7,13-14,23H,8-10H2,1-2H3,(H,18,20)(H,17,19,21)/t13-,14+/m1/s1. The average molecular weight is 330 g/mol. The fraction of sp³-hybridized carbons (Fsp3) is 0.438. The lowest BCUT2D eigenvalue weighted by Gasteiger charge is -2.19. The molecule has 0 unspecified atom stereocenters. The summed E-state index contributed by atoms with van der Waals surface area (Å²) in [4.78, 5) is 14.9. The molecule has 1 aliphatic rings. The van der Waals surface area contributed by atoms with Crippen molar-refractivity contribution in [3.8, 4) is 0 Å². The first-order valence-electron chi connectivity index (χ1n) is 7.84. The maximum absolute atomic E-state index is 9.22. The number of nitrogens with zero attached hydrogens (tertiary/aromatic N) is 4. The van der Waals surface area contributed by atoms with Crippen LogP contribution in [0.25, 0.3) is 0 Å². The van der Waals surface area contributed by atoms with Gasteiger partial charge in [-0.05, 0) is 18.2 Å². The van der Waals surface area contributed by atoms with Crippen molar-refractivity contribution in [2.24, 2.45) is 0 Å². The summed E-state index contributed by atoms with van der Waals surface area (Å²) in [5.41, 5.74) is 1.56. The Morgan fingerprint density at radius 3 is 2.88 bits per heavy atom. The Balaban J connectivity index is 1.74. The molecule has 0 amide bonds. The molecule has 2 aromatic heterocycles. The van der Waals surface area contributed by atoms with Crippen molar-refractivity contribution in [3.63, 3.8) is 0 Å². The predicted octanol–water partition coefficient (Wildman–Crippen LogP) is 0.721. The fourth-order valence-corrected chi connectivity index (χ4v) is 2.85. The maximum Gasteiger partial charge on any atom is 0.224 e. The molecule has 8 nitrogen and oxygen atoms in total. The molecule has 2 atom stereocenters. The first kappa shape index (κ1) is 16.4. The van der Waals surface area contributed by atoms with Gasteiger partial charge in [-0.3, -0.25) is 4.98 Å². The van der Waals surface area contributed by atoms with Crippen LogP contribution >= 0.6 is 0 Å². The van der Waals surface area contributed by atoms with E-state index in [1.165, 1.54) is 0 Å². The Kier molecular flexibility index (Phi) is 5.07. The van der Waals surface area contributed by atoms with Crippen LogP contribution in [0.3, 0.4) is 0 Å². The zero-order valence-corrected chi connectivity index (χ0v) is 13.8. The van der Waals surface area contributed by atoms with Gasteiger partial charge in [-0.25, -0.2) is 4.98 Å².